The smallest absolute Gasteiger partial charge is 0.0684 e. The van der Waals surface area contributed by atoms with Gasteiger partial charge in [0.05, 0.1) is 11.5 Å². The van der Waals surface area contributed by atoms with Crippen molar-refractivity contribution >= 4 is 0 Å². The Bertz CT molecular complexity index is 233. The molecule has 0 unspecified atom stereocenters. The van der Waals surface area contributed by atoms with E-state index in [9.17, 15) is 0 Å². The maximum atomic E-state index is 8.97. The lowest BCUT2D eigenvalue weighted by Crippen LogP contribution is -2.35. The number of hydrogen-bond donors (Lipinski definition) is 0. The van der Waals surface area contributed by atoms with Gasteiger partial charge in [0, 0.05) is 12.6 Å². The molecular formula is C13H24N2. The molecule has 1 saturated carbocycles. The first-order valence-electron chi connectivity index (χ1n) is 6.10. The molecule has 0 amide bonds. The molecule has 0 aromatic rings. The average molecular weight is 208 g/mol. The Labute approximate surface area is 94.3 Å². The molecule has 1 rings (SSSR count). The Balaban J connectivity index is 2.34. The molecule has 0 aliphatic heterocycles. The van der Waals surface area contributed by atoms with Crippen molar-refractivity contribution in [3.63, 3.8) is 0 Å². The largest absolute Gasteiger partial charge is 0.301 e. The minimum absolute atomic E-state index is 0.170. The summed E-state index contributed by atoms with van der Waals surface area (Å²) >= 11 is 0. The molecule has 1 fully saturated rings. The molecule has 2 heteroatoms. The molecule has 15 heavy (non-hydrogen) atoms. The Morgan fingerprint density at radius 1 is 1.40 bits per heavy atom. The Morgan fingerprint density at radius 2 is 2.00 bits per heavy atom. The van der Waals surface area contributed by atoms with Crippen molar-refractivity contribution in [1.29, 1.82) is 5.26 Å². The van der Waals surface area contributed by atoms with Crippen molar-refractivity contribution in [2.45, 2.75) is 53.0 Å². The number of rotatable bonds is 6. The van der Waals surface area contributed by atoms with Crippen LogP contribution in [0.3, 0.4) is 0 Å². The fourth-order valence-electron chi connectivity index (χ4n) is 1.67. The van der Waals surface area contributed by atoms with Crippen LogP contribution < -0.4 is 0 Å². The maximum Gasteiger partial charge on any atom is 0.0684 e. The summed E-state index contributed by atoms with van der Waals surface area (Å²) in [5, 5.41) is 8.97. The van der Waals surface area contributed by atoms with Gasteiger partial charge in [0.25, 0.3) is 0 Å². The minimum Gasteiger partial charge on any atom is -0.301 e. The van der Waals surface area contributed by atoms with Crippen LogP contribution in [-0.2, 0) is 0 Å². The Morgan fingerprint density at radius 3 is 2.40 bits per heavy atom. The normalized spacial score (nSPS) is 17.1. The molecule has 0 N–H and O–H groups in total. The first-order chi connectivity index (χ1) is 6.94. The lowest BCUT2D eigenvalue weighted by molar-refractivity contribution is 0.191. The van der Waals surface area contributed by atoms with Gasteiger partial charge in [-0.25, -0.2) is 0 Å². The summed E-state index contributed by atoms with van der Waals surface area (Å²) in [6.07, 6.45) is 3.80. The number of nitrogens with zero attached hydrogens (tertiary/aromatic N) is 2. The molecule has 1 aliphatic carbocycles. The number of nitriles is 1. The van der Waals surface area contributed by atoms with E-state index in [1.807, 2.05) is 13.8 Å². The predicted molar refractivity (Wildman–Crippen MR) is 63.4 cm³/mol. The predicted octanol–water partition coefficient (Wildman–Crippen LogP) is 3.05. The van der Waals surface area contributed by atoms with Crippen molar-refractivity contribution in [1.82, 2.24) is 4.90 Å². The summed E-state index contributed by atoms with van der Waals surface area (Å²) in [7, 11) is 0. The van der Waals surface area contributed by atoms with Crippen molar-refractivity contribution < 1.29 is 0 Å². The van der Waals surface area contributed by atoms with Crippen LogP contribution in [0.15, 0.2) is 0 Å². The Hall–Kier alpha value is -0.550. The lowest BCUT2D eigenvalue weighted by atomic mass is 9.91. The van der Waals surface area contributed by atoms with Gasteiger partial charge in [-0.2, -0.15) is 5.26 Å². The molecule has 0 aromatic carbocycles. The highest BCUT2D eigenvalue weighted by molar-refractivity contribution is 4.92. The number of hydrogen-bond acceptors (Lipinski definition) is 2. The van der Waals surface area contributed by atoms with Gasteiger partial charge in [0.15, 0.2) is 0 Å². The van der Waals surface area contributed by atoms with E-state index in [2.05, 4.69) is 24.8 Å². The van der Waals surface area contributed by atoms with Crippen LogP contribution in [0.5, 0.6) is 0 Å². The van der Waals surface area contributed by atoms with Gasteiger partial charge in [-0.05, 0) is 59.4 Å². The van der Waals surface area contributed by atoms with E-state index in [0.29, 0.717) is 6.04 Å². The summed E-state index contributed by atoms with van der Waals surface area (Å²) in [5.41, 5.74) is -0.170. The molecule has 86 valence electrons. The van der Waals surface area contributed by atoms with E-state index < -0.39 is 0 Å². The monoisotopic (exact) mass is 208 g/mol. The highest BCUT2D eigenvalue weighted by Crippen LogP contribution is 2.31. The SMILES string of the molecule is CC(C)N(CCC(C)(C)C#N)CC1CC1. The van der Waals surface area contributed by atoms with Crippen LogP contribution in [0, 0.1) is 22.7 Å². The molecule has 0 bridgehead atoms. The first-order valence-corrected chi connectivity index (χ1v) is 6.10. The molecule has 0 heterocycles. The molecule has 2 nitrogen and oxygen atoms in total. The molecule has 0 aromatic heterocycles. The van der Waals surface area contributed by atoms with Crippen molar-refractivity contribution in [2.24, 2.45) is 11.3 Å². The van der Waals surface area contributed by atoms with Gasteiger partial charge in [-0.3, -0.25) is 0 Å². The summed E-state index contributed by atoms with van der Waals surface area (Å²) in [6.45, 7) is 10.9. The average Bonchev–Trinajstić information content (AvgIpc) is 2.95. The van der Waals surface area contributed by atoms with E-state index in [-0.39, 0.29) is 5.41 Å². The Kier molecular flexibility index (Phi) is 4.16. The van der Waals surface area contributed by atoms with Gasteiger partial charge in [-0.1, -0.05) is 0 Å². The molecule has 0 atom stereocenters. The van der Waals surface area contributed by atoms with Gasteiger partial charge in [0.1, 0.15) is 0 Å². The summed E-state index contributed by atoms with van der Waals surface area (Å²) < 4.78 is 0. The zero-order chi connectivity index (χ0) is 11.5. The fraction of sp³-hybridized carbons (Fsp3) is 0.923. The third-order valence-corrected chi connectivity index (χ3v) is 3.25. The van der Waals surface area contributed by atoms with Crippen LogP contribution in [0.2, 0.25) is 0 Å². The molecule has 1 aliphatic rings. The van der Waals surface area contributed by atoms with E-state index in [0.717, 1.165) is 18.9 Å². The standard InChI is InChI=1S/C13H24N2/c1-11(2)15(9-12-5-6-12)8-7-13(3,4)10-14/h11-12H,5-9H2,1-4H3. The third-order valence-electron chi connectivity index (χ3n) is 3.25. The van der Waals surface area contributed by atoms with Gasteiger partial charge < -0.3 is 4.90 Å². The van der Waals surface area contributed by atoms with E-state index in [1.54, 1.807) is 0 Å². The summed E-state index contributed by atoms with van der Waals surface area (Å²) in [4.78, 5) is 2.52. The van der Waals surface area contributed by atoms with Crippen LogP contribution in [-0.4, -0.2) is 24.0 Å². The molecule has 0 radical (unpaired) electrons. The van der Waals surface area contributed by atoms with Crippen molar-refractivity contribution in [3.8, 4) is 6.07 Å². The second-order valence-corrected chi connectivity index (χ2v) is 5.78. The molecule has 0 spiro atoms. The van der Waals surface area contributed by atoms with Gasteiger partial charge in [0.2, 0.25) is 0 Å². The zero-order valence-electron chi connectivity index (χ0n) is 10.6. The molecular weight excluding hydrogens is 184 g/mol. The third kappa shape index (κ3) is 4.66. The zero-order valence-corrected chi connectivity index (χ0v) is 10.6. The summed E-state index contributed by atoms with van der Waals surface area (Å²) in [6, 6.07) is 2.99. The van der Waals surface area contributed by atoms with Crippen LogP contribution in [0.4, 0.5) is 0 Å². The highest BCUT2D eigenvalue weighted by Gasteiger charge is 2.26. The van der Waals surface area contributed by atoms with E-state index in [1.165, 1.54) is 19.4 Å². The lowest BCUT2D eigenvalue weighted by Gasteiger charge is -2.28. The quantitative estimate of drug-likeness (QED) is 0.671. The van der Waals surface area contributed by atoms with E-state index >= 15 is 0 Å². The first kappa shape index (κ1) is 12.5. The fourth-order valence-corrected chi connectivity index (χ4v) is 1.67. The highest BCUT2D eigenvalue weighted by atomic mass is 15.1. The minimum atomic E-state index is -0.170. The second kappa shape index (κ2) is 4.99. The summed E-state index contributed by atoms with van der Waals surface area (Å²) in [5.74, 6) is 0.942. The van der Waals surface area contributed by atoms with Crippen molar-refractivity contribution in [2.75, 3.05) is 13.1 Å². The topological polar surface area (TPSA) is 27.0 Å². The van der Waals surface area contributed by atoms with Crippen molar-refractivity contribution in [3.05, 3.63) is 0 Å². The van der Waals surface area contributed by atoms with Crippen LogP contribution in [0.1, 0.15) is 47.0 Å². The molecule has 0 saturated heterocycles. The van der Waals surface area contributed by atoms with Gasteiger partial charge in [-0.15, -0.1) is 0 Å². The van der Waals surface area contributed by atoms with Crippen LogP contribution in [0.25, 0.3) is 0 Å². The van der Waals surface area contributed by atoms with Crippen LogP contribution >= 0.6 is 0 Å². The maximum absolute atomic E-state index is 8.97. The van der Waals surface area contributed by atoms with E-state index in [4.69, 9.17) is 5.26 Å². The van der Waals surface area contributed by atoms with Gasteiger partial charge >= 0.3 is 0 Å². The second-order valence-electron chi connectivity index (χ2n) is 5.78.